The van der Waals surface area contributed by atoms with Crippen LogP contribution in [0.25, 0.3) is 11.0 Å². The molecule has 4 nitrogen and oxygen atoms in total. The summed E-state index contributed by atoms with van der Waals surface area (Å²) in [5.74, 6) is 0.811. The first-order valence-electron chi connectivity index (χ1n) is 8.57. The topological polar surface area (TPSA) is 39.3 Å². The van der Waals surface area contributed by atoms with Gasteiger partial charge in [-0.05, 0) is 43.0 Å². The minimum absolute atomic E-state index is 0.0942. The highest BCUT2D eigenvalue weighted by molar-refractivity contribution is 9.10. The summed E-state index contributed by atoms with van der Waals surface area (Å²) in [4.78, 5) is 17.6. The zero-order valence-electron chi connectivity index (χ0n) is 14.2. The van der Waals surface area contributed by atoms with E-state index in [9.17, 15) is 4.79 Å². The van der Waals surface area contributed by atoms with Crippen LogP contribution < -0.4 is 5.62 Å². The summed E-state index contributed by atoms with van der Waals surface area (Å²) in [6, 6.07) is 15.7. The number of ketones is 1. The molecule has 0 atom stereocenters. The predicted octanol–water partition coefficient (Wildman–Crippen LogP) is 3.94. The molecule has 1 heterocycles. The number of Topliss-reactive ketones (excluding diaryl/α,β-unsaturated/α-hetero) is 1. The molecular weight excluding hydrogens is 378 g/mol. The molecule has 3 aromatic rings. The molecule has 1 fully saturated rings. The lowest BCUT2D eigenvalue weighted by molar-refractivity contribution is 0.0971. The van der Waals surface area contributed by atoms with Gasteiger partial charge in [-0.2, -0.15) is 0 Å². The Morgan fingerprint density at radius 1 is 1.12 bits per heavy atom. The highest BCUT2D eigenvalue weighted by Crippen LogP contribution is 2.28. The standard InChI is InChI=1S/C20H20BrN3O/c1-23-17-4-2-3-5-18(17)24(20(23)22-12-14-6-7-14)13-19(25)15-8-10-16(21)11-9-15/h2-5,8-11,14H,6-7,12-13H2,1H3. The number of benzene rings is 2. The van der Waals surface area contributed by atoms with Crippen molar-refractivity contribution in [1.82, 2.24) is 9.13 Å². The van der Waals surface area contributed by atoms with Gasteiger partial charge in [0, 0.05) is 23.6 Å². The van der Waals surface area contributed by atoms with Crippen LogP contribution in [0.15, 0.2) is 58.0 Å². The maximum atomic E-state index is 12.8. The first-order chi connectivity index (χ1) is 12.1. The van der Waals surface area contributed by atoms with Crippen LogP contribution in [-0.4, -0.2) is 21.5 Å². The third-order valence-corrected chi connectivity index (χ3v) is 5.26. The van der Waals surface area contributed by atoms with Crippen LogP contribution in [0.3, 0.4) is 0 Å². The molecule has 0 bridgehead atoms. The molecule has 0 unspecified atom stereocenters. The van der Waals surface area contributed by atoms with Crippen LogP contribution in [0.4, 0.5) is 0 Å². The van der Waals surface area contributed by atoms with Gasteiger partial charge in [0.15, 0.2) is 5.78 Å². The van der Waals surface area contributed by atoms with Crippen molar-refractivity contribution in [2.24, 2.45) is 18.0 Å². The average molecular weight is 398 g/mol. The molecule has 0 radical (unpaired) electrons. The van der Waals surface area contributed by atoms with Crippen LogP contribution in [0, 0.1) is 5.92 Å². The van der Waals surface area contributed by atoms with Crippen LogP contribution in [0.5, 0.6) is 0 Å². The Hall–Kier alpha value is -2.14. The number of hydrogen-bond donors (Lipinski definition) is 0. The van der Waals surface area contributed by atoms with Crippen molar-refractivity contribution in [3.63, 3.8) is 0 Å². The minimum atomic E-state index is 0.0942. The Bertz CT molecular complexity index is 994. The fourth-order valence-corrected chi connectivity index (χ4v) is 3.37. The summed E-state index contributed by atoms with van der Waals surface area (Å²) in [6.07, 6.45) is 2.54. The molecule has 0 aliphatic heterocycles. The summed E-state index contributed by atoms with van der Waals surface area (Å²) in [5, 5.41) is 0. The van der Waals surface area contributed by atoms with Crippen molar-refractivity contribution >= 4 is 32.7 Å². The van der Waals surface area contributed by atoms with E-state index in [1.165, 1.54) is 12.8 Å². The summed E-state index contributed by atoms with van der Waals surface area (Å²) >= 11 is 3.41. The van der Waals surface area contributed by atoms with Gasteiger partial charge in [-0.1, -0.05) is 40.2 Å². The van der Waals surface area contributed by atoms with Gasteiger partial charge in [-0.3, -0.25) is 9.79 Å². The molecule has 1 saturated carbocycles. The van der Waals surface area contributed by atoms with E-state index >= 15 is 0 Å². The highest BCUT2D eigenvalue weighted by Gasteiger charge is 2.21. The second-order valence-corrected chi connectivity index (χ2v) is 7.56. The van der Waals surface area contributed by atoms with Crippen LogP contribution in [-0.2, 0) is 13.6 Å². The molecule has 25 heavy (non-hydrogen) atoms. The number of para-hydroxylation sites is 2. The molecule has 128 valence electrons. The van der Waals surface area contributed by atoms with E-state index in [0.29, 0.717) is 12.5 Å². The second-order valence-electron chi connectivity index (χ2n) is 6.65. The number of halogens is 1. The van der Waals surface area contributed by atoms with Gasteiger partial charge in [-0.15, -0.1) is 0 Å². The number of carbonyl (C=O) groups is 1. The fourth-order valence-electron chi connectivity index (χ4n) is 3.10. The van der Waals surface area contributed by atoms with Gasteiger partial charge in [-0.25, -0.2) is 0 Å². The van der Waals surface area contributed by atoms with E-state index in [0.717, 1.165) is 33.2 Å². The zero-order chi connectivity index (χ0) is 17.4. The Morgan fingerprint density at radius 3 is 2.48 bits per heavy atom. The van der Waals surface area contributed by atoms with Crippen molar-refractivity contribution in [2.45, 2.75) is 19.4 Å². The maximum absolute atomic E-state index is 12.8. The van der Waals surface area contributed by atoms with Crippen molar-refractivity contribution in [1.29, 1.82) is 0 Å². The monoisotopic (exact) mass is 397 g/mol. The second kappa shape index (κ2) is 6.64. The number of fused-ring (bicyclic) bond motifs is 1. The van der Waals surface area contributed by atoms with Gasteiger partial charge in [0.25, 0.3) is 0 Å². The number of carbonyl (C=O) groups excluding carboxylic acids is 1. The first kappa shape index (κ1) is 16.3. The van der Waals surface area contributed by atoms with E-state index in [-0.39, 0.29) is 5.78 Å². The van der Waals surface area contributed by atoms with E-state index in [4.69, 9.17) is 4.99 Å². The summed E-state index contributed by atoms with van der Waals surface area (Å²) in [6.45, 7) is 1.14. The molecule has 4 rings (SSSR count). The molecule has 1 aliphatic rings. The predicted molar refractivity (Wildman–Crippen MR) is 103 cm³/mol. The van der Waals surface area contributed by atoms with Crippen molar-refractivity contribution < 1.29 is 4.79 Å². The molecule has 1 aliphatic carbocycles. The van der Waals surface area contributed by atoms with E-state index in [1.807, 2.05) is 48.0 Å². The molecule has 0 N–H and O–H groups in total. The van der Waals surface area contributed by atoms with E-state index in [2.05, 4.69) is 32.6 Å². The molecule has 1 aromatic heterocycles. The molecule has 5 heteroatoms. The van der Waals surface area contributed by atoms with Gasteiger partial charge in [0.05, 0.1) is 17.6 Å². The lowest BCUT2D eigenvalue weighted by Gasteiger charge is -2.05. The summed E-state index contributed by atoms with van der Waals surface area (Å²) in [7, 11) is 2.02. The Labute approximate surface area is 154 Å². The molecular formula is C20H20BrN3O. The Kier molecular flexibility index (Phi) is 4.34. The zero-order valence-corrected chi connectivity index (χ0v) is 15.7. The van der Waals surface area contributed by atoms with Crippen LogP contribution in [0.2, 0.25) is 0 Å². The highest BCUT2D eigenvalue weighted by atomic mass is 79.9. The molecule has 2 aromatic carbocycles. The lowest BCUT2D eigenvalue weighted by atomic mass is 10.1. The number of hydrogen-bond acceptors (Lipinski definition) is 2. The lowest BCUT2D eigenvalue weighted by Crippen LogP contribution is -2.28. The third kappa shape index (κ3) is 3.33. The van der Waals surface area contributed by atoms with Crippen LogP contribution in [0.1, 0.15) is 23.2 Å². The quantitative estimate of drug-likeness (QED) is 0.601. The van der Waals surface area contributed by atoms with Crippen LogP contribution >= 0.6 is 15.9 Å². The first-order valence-corrected chi connectivity index (χ1v) is 9.36. The molecule has 0 saturated heterocycles. The van der Waals surface area contributed by atoms with Crippen molar-refractivity contribution in [3.05, 3.63) is 64.2 Å². The van der Waals surface area contributed by atoms with Crippen molar-refractivity contribution in [3.8, 4) is 0 Å². The normalized spacial score (nSPS) is 15.0. The number of rotatable bonds is 5. The van der Waals surface area contributed by atoms with E-state index in [1.54, 1.807) is 0 Å². The summed E-state index contributed by atoms with van der Waals surface area (Å²) in [5.41, 5.74) is 3.74. The Morgan fingerprint density at radius 2 is 1.80 bits per heavy atom. The van der Waals surface area contributed by atoms with Gasteiger partial charge >= 0.3 is 0 Å². The average Bonchev–Trinajstić information content (AvgIpc) is 3.41. The SMILES string of the molecule is Cn1c(=NCC2CC2)n(CC(=O)c2ccc(Br)cc2)c2ccccc21. The summed E-state index contributed by atoms with van der Waals surface area (Å²) < 4.78 is 5.11. The van der Waals surface area contributed by atoms with Gasteiger partial charge < -0.3 is 9.13 Å². The maximum Gasteiger partial charge on any atom is 0.206 e. The molecule has 0 spiro atoms. The van der Waals surface area contributed by atoms with Crippen molar-refractivity contribution in [2.75, 3.05) is 6.54 Å². The molecule has 0 amide bonds. The minimum Gasteiger partial charge on any atom is -0.313 e. The number of aromatic nitrogens is 2. The Balaban J connectivity index is 1.76. The van der Waals surface area contributed by atoms with Gasteiger partial charge in [0.1, 0.15) is 0 Å². The number of imidazole rings is 1. The smallest absolute Gasteiger partial charge is 0.206 e. The van der Waals surface area contributed by atoms with E-state index < -0.39 is 0 Å². The largest absolute Gasteiger partial charge is 0.313 e. The van der Waals surface area contributed by atoms with Gasteiger partial charge in [0.2, 0.25) is 5.62 Å². The fraction of sp³-hybridized carbons (Fsp3) is 0.300. The number of aryl methyl sites for hydroxylation is 1. The third-order valence-electron chi connectivity index (χ3n) is 4.73. The number of nitrogens with zero attached hydrogens (tertiary/aromatic N) is 3.